The van der Waals surface area contributed by atoms with Crippen LogP contribution in [-0.2, 0) is 4.79 Å². The number of halogens is 1. The summed E-state index contributed by atoms with van der Waals surface area (Å²) >= 11 is 0. The van der Waals surface area contributed by atoms with Crippen LogP contribution < -0.4 is 14.8 Å². The van der Waals surface area contributed by atoms with Crippen molar-refractivity contribution >= 4 is 17.7 Å². The van der Waals surface area contributed by atoms with Gasteiger partial charge in [0.25, 0.3) is 5.91 Å². The summed E-state index contributed by atoms with van der Waals surface area (Å²) in [5, 5.41) is 11.9. The standard InChI is InChI=1S/C20H17FN2O3/c1-3-10-26-19-12-18(25-2)9-4-14(19)11-15(13-22)20(24)23-17-7-5-16(21)6-8-17/h3-9,11-12H,1,10H2,2H3,(H,23,24)/b15-11+. The number of carbonyl (C=O) groups is 1. The summed E-state index contributed by atoms with van der Waals surface area (Å²) < 4.78 is 23.7. The Bertz CT molecular complexity index is 868. The highest BCUT2D eigenvalue weighted by Gasteiger charge is 2.12. The molecule has 2 rings (SSSR count). The van der Waals surface area contributed by atoms with E-state index >= 15 is 0 Å². The zero-order valence-electron chi connectivity index (χ0n) is 14.2. The number of hydrogen-bond acceptors (Lipinski definition) is 4. The van der Waals surface area contributed by atoms with Crippen LogP contribution in [-0.4, -0.2) is 19.6 Å². The smallest absolute Gasteiger partial charge is 0.266 e. The molecular weight excluding hydrogens is 335 g/mol. The zero-order chi connectivity index (χ0) is 18.9. The number of amides is 1. The summed E-state index contributed by atoms with van der Waals surface area (Å²) in [6.07, 6.45) is 3.00. The maximum Gasteiger partial charge on any atom is 0.266 e. The maximum absolute atomic E-state index is 12.9. The first-order chi connectivity index (χ1) is 12.6. The molecule has 0 aliphatic rings. The topological polar surface area (TPSA) is 71.3 Å². The van der Waals surface area contributed by atoms with Crippen molar-refractivity contribution in [2.24, 2.45) is 0 Å². The molecule has 0 atom stereocenters. The molecule has 0 unspecified atom stereocenters. The van der Waals surface area contributed by atoms with Gasteiger partial charge in [0.15, 0.2) is 0 Å². The van der Waals surface area contributed by atoms with Crippen LogP contribution in [0.15, 0.2) is 60.7 Å². The van der Waals surface area contributed by atoms with Crippen molar-refractivity contribution in [1.82, 2.24) is 0 Å². The first-order valence-electron chi connectivity index (χ1n) is 7.68. The van der Waals surface area contributed by atoms with Crippen LogP contribution in [0.1, 0.15) is 5.56 Å². The third kappa shape index (κ3) is 4.95. The summed E-state index contributed by atoms with van der Waals surface area (Å²) in [6.45, 7) is 3.85. The average molecular weight is 352 g/mol. The van der Waals surface area contributed by atoms with Crippen molar-refractivity contribution in [2.75, 3.05) is 19.0 Å². The molecule has 0 aliphatic carbocycles. The van der Waals surface area contributed by atoms with Crippen LogP contribution in [0.3, 0.4) is 0 Å². The van der Waals surface area contributed by atoms with Crippen molar-refractivity contribution in [3.05, 3.63) is 72.1 Å². The predicted molar refractivity (Wildman–Crippen MR) is 97.3 cm³/mol. The van der Waals surface area contributed by atoms with Crippen molar-refractivity contribution in [3.8, 4) is 17.6 Å². The Balaban J connectivity index is 2.29. The number of carbonyl (C=O) groups excluding carboxylic acids is 1. The van der Waals surface area contributed by atoms with Gasteiger partial charge in [-0.3, -0.25) is 4.79 Å². The third-order valence-corrected chi connectivity index (χ3v) is 3.34. The van der Waals surface area contributed by atoms with E-state index in [1.807, 2.05) is 6.07 Å². The van der Waals surface area contributed by atoms with Crippen molar-refractivity contribution in [2.45, 2.75) is 0 Å². The molecule has 26 heavy (non-hydrogen) atoms. The zero-order valence-corrected chi connectivity index (χ0v) is 14.2. The van der Waals surface area contributed by atoms with Gasteiger partial charge in [-0.15, -0.1) is 0 Å². The van der Waals surface area contributed by atoms with Crippen LogP contribution in [0.4, 0.5) is 10.1 Å². The van der Waals surface area contributed by atoms with E-state index in [0.717, 1.165) is 0 Å². The molecule has 0 fully saturated rings. The Labute approximate surface area is 151 Å². The Morgan fingerprint density at radius 1 is 1.31 bits per heavy atom. The maximum atomic E-state index is 12.9. The quantitative estimate of drug-likeness (QED) is 0.465. The lowest BCUT2D eigenvalue weighted by atomic mass is 10.1. The molecule has 0 saturated carbocycles. The molecule has 0 heterocycles. The number of anilines is 1. The lowest BCUT2D eigenvalue weighted by Gasteiger charge is -2.10. The number of nitrogens with one attached hydrogen (secondary N) is 1. The lowest BCUT2D eigenvalue weighted by molar-refractivity contribution is -0.112. The third-order valence-electron chi connectivity index (χ3n) is 3.34. The normalized spacial score (nSPS) is 10.6. The van der Waals surface area contributed by atoms with E-state index in [4.69, 9.17) is 9.47 Å². The highest BCUT2D eigenvalue weighted by atomic mass is 19.1. The van der Waals surface area contributed by atoms with Gasteiger partial charge in [-0.05, 0) is 42.5 Å². The Hall–Kier alpha value is -3.59. The molecule has 132 valence electrons. The molecule has 0 radical (unpaired) electrons. The summed E-state index contributed by atoms with van der Waals surface area (Å²) in [5.74, 6) is 0.00736. The lowest BCUT2D eigenvalue weighted by Crippen LogP contribution is -2.13. The first kappa shape index (κ1) is 18.7. The van der Waals surface area contributed by atoms with Crippen LogP contribution in [0, 0.1) is 17.1 Å². The number of methoxy groups -OCH3 is 1. The molecule has 0 aliphatic heterocycles. The first-order valence-corrected chi connectivity index (χ1v) is 7.68. The number of hydrogen-bond donors (Lipinski definition) is 1. The minimum absolute atomic E-state index is 0.122. The van der Waals surface area contributed by atoms with Crippen LogP contribution in [0.2, 0.25) is 0 Å². The summed E-state index contributed by atoms with van der Waals surface area (Å²) in [6, 6.07) is 12.1. The summed E-state index contributed by atoms with van der Waals surface area (Å²) in [7, 11) is 1.53. The van der Waals surface area contributed by atoms with E-state index in [2.05, 4.69) is 11.9 Å². The monoisotopic (exact) mass is 352 g/mol. The molecule has 0 aromatic heterocycles. The molecule has 0 bridgehead atoms. The molecule has 5 nitrogen and oxygen atoms in total. The van der Waals surface area contributed by atoms with Crippen molar-refractivity contribution in [3.63, 3.8) is 0 Å². The van der Waals surface area contributed by atoms with Gasteiger partial charge in [0.1, 0.15) is 35.6 Å². The van der Waals surface area contributed by atoms with Gasteiger partial charge in [0.2, 0.25) is 0 Å². The van der Waals surface area contributed by atoms with E-state index in [9.17, 15) is 14.4 Å². The second-order valence-electron chi connectivity index (χ2n) is 5.13. The molecule has 2 aromatic rings. The van der Waals surface area contributed by atoms with E-state index < -0.39 is 11.7 Å². The average Bonchev–Trinajstić information content (AvgIpc) is 2.66. The number of benzene rings is 2. The van der Waals surface area contributed by atoms with Gasteiger partial charge in [-0.1, -0.05) is 12.7 Å². The van der Waals surface area contributed by atoms with Crippen molar-refractivity contribution in [1.29, 1.82) is 5.26 Å². The fourth-order valence-corrected chi connectivity index (χ4v) is 2.07. The van der Waals surface area contributed by atoms with Crippen molar-refractivity contribution < 1.29 is 18.7 Å². The molecule has 2 aromatic carbocycles. The molecule has 1 N–H and O–H groups in total. The fraction of sp³-hybridized carbons (Fsp3) is 0.100. The van der Waals surface area contributed by atoms with Gasteiger partial charge in [0.05, 0.1) is 7.11 Å². The molecule has 0 saturated heterocycles. The molecule has 6 heteroatoms. The van der Waals surface area contributed by atoms with Gasteiger partial charge in [-0.25, -0.2) is 4.39 Å². The van der Waals surface area contributed by atoms with Crippen LogP contribution in [0.25, 0.3) is 6.08 Å². The number of rotatable bonds is 7. The number of ether oxygens (including phenoxy) is 2. The highest BCUT2D eigenvalue weighted by molar-refractivity contribution is 6.09. The Morgan fingerprint density at radius 2 is 2.04 bits per heavy atom. The van der Waals surface area contributed by atoms with E-state index in [-0.39, 0.29) is 12.2 Å². The highest BCUT2D eigenvalue weighted by Crippen LogP contribution is 2.27. The van der Waals surface area contributed by atoms with E-state index in [0.29, 0.717) is 22.7 Å². The number of nitrogens with zero attached hydrogens (tertiary/aromatic N) is 1. The van der Waals surface area contributed by atoms with Gasteiger partial charge in [-0.2, -0.15) is 5.26 Å². The SMILES string of the molecule is C=CCOc1cc(OC)ccc1/C=C(\C#N)C(=O)Nc1ccc(F)cc1. The Kier molecular flexibility index (Phi) is 6.52. The minimum Gasteiger partial charge on any atom is -0.497 e. The van der Waals surface area contributed by atoms with Gasteiger partial charge < -0.3 is 14.8 Å². The summed E-state index contributed by atoms with van der Waals surface area (Å²) in [4.78, 5) is 12.3. The molecule has 1 amide bonds. The predicted octanol–water partition coefficient (Wildman–Crippen LogP) is 3.94. The second kappa shape index (κ2) is 9.04. The van der Waals surface area contributed by atoms with E-state index in [1.165, 1.54) is 37.5 Å². The number of nitriles is 1. The van der Waals surface area contributed by atoms with Crippen LogP contribution >= 0.6 is 0 Å². The second-order valence-corrected chi connectivity index (χ2v) is 5.13. The Morgan fingerprint density at radius 3 is 2.65 bits per heavy atom. The molecular formula is C20H17FN2O3. The van der Waals surface area contributed by atoms with Gasteiger partial charge >= 0.3 is 0 Å². The van der Waals surface area contributed by atoms with Crippen LogP contribution in [0.5, 0.6) is 11.5 Å². The fourth-order valence-electron chi connectivity index (χ4n) is 2.07. The van der Waals surface area contributed by atoms with E-state index in [1.54, 1.807) is 24.3 Å². The molecule has 0 spiro atoms. The largest absolute Gasteiger partial charge is 0.497 e. The van der Waals surface area contributed by atoms with Gasteiger partial charge in [0, 0.05) is 17.3 Å². The summed E-state index contributed by atoms with van der Waals surface area (Å²) in [5.41, 5.74) is 0.803. The minimum atomic E-state index is -0.607.